The Hall–Kier alpha value is -2.55. The van der Waals surface area contributed by atoms with E-state index in [4.69, 9.17) is 14.5 Å². The van der Waals surface area contributed by atoms with Gasteiger partial charge < -0.3 is 9.47 Å². The summed E-state index contributed by atoms with van der Waals surface area (Å²) >= 11 is 1.50. The van der Waals surface area contributed by atoms with Crippen LogP contribution in [-0.4, -0.2) is 62.3 Å². The third kappa shape index (κ3) is 5.58. The van der Waals surface area contributed by atoms with Crippen LogP contribution in [0.1, 0.15) is 12.0 Å². The van der Waals surface area contributed by atoms with Gasteiger partial charge in [-0.3, -0.25) is 14.6 Å². The second-order valence-electron chi connectivity index (χ2n) is 7.49. The predicted molar refractivity (Wildman–Crippen MR) is 121 cm³/mol. The molecule has 1 aliphatic heterocycles. The van der Waals surface area contributed by atoms with Crippen molar-refractivity contribution in [2.24, 2.45) is 0 Å². The Morgan fingerprint density at radius 1 is 1.23 bits per heavy atom. The van der Waals surface area contributed by atoms with E-state index in [1.807, 2.05) is 18.2 Å². The minimum atomic E-state index is -0.307. The van der Waals surface area contributed by atoms with E-state index in [-0.39, 0.29) is 18.1 Å². The lowest BCUT2D eigenvalue weighted by molar-refractivity contribution is -0.118. The first-order chi connectivity index (χ1) is 15.1. The number of ether oxygens (including phenoxy) is 2. The van der Waals surface area contributed by atoms with Gasteiger partial charge >= 0.3 is 0 Å². The molecular weight excluding hydrogens is 417 g/mol. The van der Waals surface area contributed by atoms with Crippen molar-refractivity contribution in [3.63, 3.8) is 0 Å². The van der Waals surface area contributed by atoms with E-state index in [9.17, 15) is 9.18 Å². The number of fused-ring (bicyclic) bond motifs is 1. The fraction of sp³-hybridized carbons (Fsp3) is 0.391. The van der Waals surface area contributed by atoms with E-state index in [1.54, 1.807) is 24.1 Å². The van der Waals surface area contributed by atoms with E-state index >= 15 is 0 Å². The van der Waals surface area contributed by atoms with Gasteiger partial charge in [0.15, 0.2) is 5.13 Å². The SMILES string of the molecule is COc1ccc2sc(N(CCCN3CCOCC3)C(=O)Cc3ccc(F)cc3)nc2c1. The first-order valence-electron chi connectivity index (χ1n) is 10.4. The van der Waals surface area contributed by atoms with E-state index in [0.717, 1.165) is 60.8 Å². The first kappa shape index (κ1) is 21.7. The lowest BCUT2D eigenvalue weighted by Crippen LogP contribution is -2.39. The molecule has 0 N–H and O–H groups in total. The summed E-state index contributed by atoms with van der Waals surface area (Å²) in [5.41, 5.74) is 1.60. The molecule has 4 rings (SSSR count). The molecule has 1 aromatic heterocycles. The number of benzene rings is 2. The monoisotopic (exact) mass is 443 g/mol. The zero-order valence-electron chi connectivity index (χ0n) is 17.6. The van der Waals surface area contributed by atoms with Crippen molar-refractivity contribution in [3.05, 3.63) is 53.8 Å². The Kier molecular flexibility index (Phi) is 7.11. The molecule has 8 heteroatoms. The molecular formula is C23H26FN3O3S. The van der Waals surface area contributed by atoms with Crippen LogP contribution in [0.3, 0.4) is 0 Å². The third-order valence-electron chi connectivity index (χ3n) is 5.34. The zero-order chi connectivity index (χ0) is 21.6. The molecule has 6 nitrogen and oxygen atoms in total. The summed E-state index contributed by atoms with van der Waals surface area (Å²) in [4.78, 5) is 22.1. The Balaban J connectivity index is 1.52. The van der Waals surface area contributed by atoms with Gasteiger partial charge in [0, 0.05) is 32.2 Å². The highest BCUT2D eigenvalue weighted by Crippen LogP contribution is 2.31. The van der Waals surface area contributed by atoms with Crippen LogP contribution in [0.4, 0.5) is 9.52 Å². The van der Waals surface area contributed by atoms with Crippen LogP contribution in [-0.2, 0) is 16.0 Å². The molecule has 0 aliphatic carbocycles. The van der Waals surface area contributed by atoms with Crippen molar-refractivity contribution in [1.82, 2.24) is 9.88 Å². The van der Waals surface area contributed by atoms with Gasteiger partial charge in [0.25, 0.3) is 0 Å². The molecule has 0 bridgehead atoms. The maximum absolute atomic E-state index is 13.2. The highest BCUT2D eigenvalue weighted by Gasteiger charge is 2.21. The summed E-state index contributed by atoms with van der Waals surface area (Å²) in [6.45, 7) is 4.84. The van der Waals surface area contributed by atoms with Crippen molar-refractivity contribution in [2.45, 2.75) is 12.8 Å². The smallest absolute Gasteiger partial charge is 0.233 e. The van der Waals surface area contributed by atoms with Crippen molar-refractivity contribution in [1.29, 1.82) is 0 Å². The molecule has 164 valence electrons. The second-order valence-corrected chi connectivity index (χ2v) is 8.50. The number of carbonyl (C=O) groups excluding carboxylic acids is 1. The maximum atomic E-state index is 13.2. The van der Waals surface area contributed by atoms with Gasteiger partial charge in [-0.1, -0.05) is 23.5 Å². The van der Waals surface area contributed by atoms with Crippen LogP contribution in [0.25, 0.3) is 10.2 Å². The van der Waals surface area contributed by atoms with Crippen LogP contribution in [0.5, 0.6) is 5.75 Å². The number of methoxy groups -OCH3 is 1. The van der Waals surface area contributed by atoms with Crippen LogP contribution in [0.15, 0.2) is 42.5 Å². The summed E-state index contributed by atoms with van der Waals surface area (Å²) < 4.78 is 25.0. The average molecular weight is 444 g/mol. The van der Waals surface area contributed by atoms with Gasteiger partial charge in [0.2, 0.25) is 5.91 Å². The van der Waals surface area contributed by atoms with Crippen molar-refractivity contribution in [2.75, 3.05) is 51.4 Å². The Morgan fingerprint density at radius 2 is 2.00 bits per heavy atom. The molecule has 0 spiro atoms. The molecule has 2 aromatic carbocycles. The maximum Gasteiger partial charge on any atom is 0.233 e. The van der Waals surface area contributed by atoms with Crippen molar-refractivity contribution in [3.8, 4) is 5.75 Å². The standard InChI is InChI=1S/C23H26FN3O3S/c1-29-19-7-8-21-20(16-19)25-23(31-21)27(10-2-9-26-11-13-30-14-12-26)22(28)15-17-3-5-18(24)6-4-17/h3-8,16H,2,9-15H2,1H3. The molecule has 0 radical (unpaired) electrons. The van der Waals surface area contributed by atoms with E-state index in [0.29, 0.717) is 11.7 Å². The highest BCUT2D eigenvalue weighted by atomic mass is 32.1. The number of morpholine rings is 1. The minimum Gasteiger partial charge on any atom is -0.497 e. The van der Waals surface area contributed by atoms with Gasteiger partial charge in [-0.05, 0) is 36.2 Å². The Bertz CT molecular complexity index is 1020. The van der Waals surface area contributed by atoms with E-state index in [2.05, 4.69) is 4.90 Å². The molecule has 1 fully saturated rings. The highest BCUT2D eigenvalue weighted by molar-refractivity contribution is 7.22. The molecule has 1 saturated heterocycles. The number of thiazole rings is 1. The molecule has 1 aliphatic rings. The number of anilines is 1. The topological polar surface area (TPSA) is 54.9 Å². The van der Waals surface area contributed by atoms with Gasteiger partial charge in [-0.25, -0.2) is 9.37 Å². The van der Waals surface area contributed by atoms with Gasteiger partial charge in [-0.15, -0.1) is 0 Å². The predicted octanol–water partition coefficient (Wildman–Crippen LogP) is 3.74. The Labute approximate surface area is 185 Å². The number of rotatable bonds is 8. The molecule has 2 heterocycles. The number of nitrogens with zero attached hydrogens (tertiary/aromatic N) is 3. The first-order valence-corrected chi connectivity index (χ1v) is 11.2. The summed E-state index contributed by atoms with van der Waals surface area (Å²) in [6, 6.07) is 11.8. The minimum absolute atomic E-state index is 0.0420. The Morgan fingerprint density at radius 3 is 2.74 bits per heavy atom. The molecule has 0 atom stereocenters. The summed E-state index contributed by atoms with van der Waals surface area (Å²) in [6.07, 6.45) is 1.05. The lowest BCUT2D eigenvalue weighted by atomic mass is 10.1. The van der Waals surface area contributed by atoms with Crippen molar-refractivity contribution >= 4 is 32.6 Å². The fourth-order valence-corrected chi connectivity index (χ4v) is 4.60. The summed E-state index contributed by atoms with van der Waals surface area (Å²) in [7, 11) is 1.62. The summed E-state index contributed by atoms with van der Waals surface area (Å²) in [5.74, 6) is 0.388. The lowest BCUT2D eigenvalue weighted by Gasteiger charge is -2.27. The van der Waals surface area contributed by atoms with Gasteiger partial charge in [-0.2, -0.15) is 0 Å². The third-order valence-corrected chi connectivity index (χ3v) is 6.40. The van der Waals surface area contributed by atoms with Gasteiger partial charge in [0.1, 0.15) is 11.6 Å². The number of halogens is 1. The van der Waals surface area contributed by atoms with Crippen LogP contribution < -0.4 is 9.64 Å². The van der Waals surface area contributed by atoms with Crippen LogP contribution in [0.2, 0.25) is 0 Å². The number of hydrogen-bond acceptors (Lipinski definition) is 6. The number of hydrogen-bond donors (Lipinski definition) is 0. The molecule has 3 aromatic rings. The van der Waals surface area contributed by atoms with E-state index in [1.165, 1.54) is 23.5 Å². The average Bonchev–Trinajstić information content (AvgIpc) is 3.21. The molecule has 1 amide bonds. The molecule has 0 saturated carbocycles. The second kappa shape index (κ2) is 10.2. The quantitative estimate of drug-likeness (QED) is 0.531. The summed E-state index contributed by atoms with van der Waals surface area (Å²) in [5, 5.41) is 0.678. The van der Waals surface area contributed by atoms with Crippen LogP contribution in [0, 0.1) is 5.82 Å². The number of aromatic nitrogens is 1. The molecule has 31 heavy (non-hydrogen) atoms. The number of amides is 1. The largest absolute Gasteiger partial charge is 0.497 e. The normalized spacial score (nSPS) is 14.6. The zero-order valence-corrected chi connectivity index (χ0v) is 18.4. The van der Waals surface area contributed by atoms with Crippen LogP contribution >= 0.6 is 11.3 Å². The molecule has 0 unspecified atom stereocenters. The van der Waals surface area contributed by atoms with Crippen molar-refractivity contribution < 1.29 is 18.7 Å². The fourth-order valence-electron chi connectivity index (χ4n) is 3.61. The van der Waals surface area contributed by atoms with Gasteiger partial charge in [0.05, 0.1) is 37.0 Å². The number of carbonyl (C=O) groups is 1. The van der Waals surface area contributed by atoms with E-state index < -0.39 is 0 Å².